The number of halogens is 7. The van der Waals surface area contributed by atoms with Crippen LogP contribution in [-0.4, -0.2) is 37.3 Å². The fourth-order valence-corrected chi connectivity index (χ4v) is 2.67. The number of benzene rings is 1. The fourth-order valence-electron chi connectivity index (χ4n) is 2.67. The molecule has 1 atom stereocenters. The molecule has 1 saturated heterocycles. The highest BCUT2D eigenvalue weighted by molar-refractivity contribution is 5.30. The Morgan fingerprint density at radius 3 is 2.17 bits per heavy atom. The first kappa shape index (κ1) is 18.0. The van der Waals surface area contributed by atoms with Crippen molar-refractivity contribution in [2.45, 2.75) is 24.8 Å². The van der Waals surface area contributed by atoms with Gasteiger partial charge in [0.1, 0.15) is 5.82 Å². The molecule has 0 saturated carbocycles. The Morgan fingerprint density at radius 1 is 1.04 bits per heavy atom. The second-order valence-electron chi connectivity index (χ2n) is 5.33. The third-order valence-electron chi connectivity index (χ3n) is 3.71. The summed E-state index contributed by atoms with van der Waals surface area (Å²) >= 11 is 0. The number of nitrogens with zero attached hydrogens (tertiary/aromatic N) is 1. The predicted octanol–water partition coefficient (Wildman–Crippen LogP) is 3.74. The SMILES string of the molecule is Fc1c([C@@H](CC(F)(F)F)N2CCNCC2)cccc1C(F)(F)F. The zero-order valence-electron chi connectivity index (χ0n) is 11.9. The molecule has 23 heavy (non-hydrogen) atoms. The van der Waals surface area contributed by atoms with Gasteiger partial charge in [0.25, 0.3) is 0 Å². The summed E-state index contributed by atoms with van der Waals surface area (Å²) in [6.07, 6.45) is -11.0. The molecule has 1 aromatic carbocycles. The van der Waals surface area contributed by atoms with Crippen LogP contribution in [0.25, 0.3) is 0 Å². The van der Waals surface area contributed by atoms with Crippen molar-refractivity contribution in [3.8, 4) is 0 Å². The molecule has 2 nitrogen and oxygen atoms in total. The first-order valence-electron chi connectivity index (χ1n) is 6.97. The van der Waals surface area contributed by atoms with Crippen molar-refractivity contribution < 1.29 is 30.7 Å². The largest absolute Gasteiger partial charge is 0.419 e. The van der Waals surface area contributed by atoms with Crippen LogP contribution >= 0.6 is 0 Å². The molecule has 0 aromatic heterocycles. The highest BCUT2D eigenvalue weighted by Crippen LogP contribution is 2.39. The third kappa shape index (κ3) is 4.57. The summed E-state index contributed by atoms with van der Waals surface area (Å²) in [5.41, 5.74) is -2.11. The van der Waals surface area contributed by atoms with Crippen molar-refractivity contribution in [2.24, 2.45) is 0 Å². The molecule has 1 N–H and O–H groups in total. The van der Waals surface area contributed by atoms with Gasteiger partial charge >= 0.3 is 12.4 Å². The van der Waals surface area contributed by atoms with E-state index in [9.17, 15) is 30.7 Å². The molecular weight excluding hydrogens is 329 g/mol. The van der Waals surface area contributed by atoms with Gasteiger partial charge in [-0.05, 0) is 6.07 Å². The zero-order valence-corrected chi connectivity index (χ0v) is 11.9. The molecule has 1 heterocycles. The minimum Gasteiger partial charge on any atom is -0.314 e. The second kappa shape index (κ2) is 6.64. The molecule has 2 rings (SSSR count). The summed E-state index contributed by atoms with van der Waals surface area (Å²) in [6, 6.07) is 0.983. The lowest BCUT2D eigenvalue weighted by molar-refractivity contribution is -0.149. The molecule has 0 aliphatic carbocycles. The molecule has 1 aliphatic heterocycles. The van der Waals surface area contributed by atoms with Crippen molar-refractivity contribution in [3.63, 3.8) is 0 Å². The Labute approximate surface area is 128 Å². The van der Waals surface area contributed by atoms with Crippen LogP contribution in [0.3, 0.4) is 0 Å². The van der Waals surface area contributed by atoms with E-state index in [0.29, 0.717) is 19.2 Å². The van der Waals surface area contributed by atoms with Crippen LogP contribution in [0.15, 0.2) is 18.2 Å². The molecule has 9 heteroatoms. The average Bonchev–Trinajstić information content (AvgIpc) is 2.44. The number of hydrogen-bond donors (Lipinski definition) is 1. The summed E-state index contributed by atoms with van der Waals surface area (Å²) in [4.78, 5) is 1.36. The number of piperazine rings is 1. The topological polar surface area (TPSA) is 15.3 Å². The van der Waals surface area contributed by atoms with E-state index < -0.39 is 41.8 Å². The first-order chi connectivity index (χ1) is 10.6. The van der Waals surface area contributed by atoms with Crippen LogP contribution in [0.1, 0.15) is 23.6 Å². The normalized spacial score (nSPS) is 18.9. The van der Waals surface area contributed by atoms with Gasteiger partial charge in [0, 0.05) is 37.8 Å². The summed E-state index contributed by atoms with van der Waals surface area (Å²) < 4.78 is 91.1. The molecular formula is C14H15F7N2. The van der Waals surface area contributed by atoms with Crippen LogP contribution in [0.5, 0.6) is 0 Å². The maximum Gasteiger partial charge on any atom is 0.419 e. The minimum absolute atomic E-state index is 0.205. The van der Waals surface area contributed by atoms with Crippen LogP contribution in [0.2, 0.25) is 0 Å². The standard InChI is InChI=1S/C14H15F7N2/c15-12-9(2-1-3-10(12)14(19,20)21)11(8-13(16,17)18)23-6-4-22-5-7-23/h1-3,11,22H,4-8H2/t11-/m1/s1. The summed E-state index contributed by atoms with van der Waals surface area (Å²) in [5.74, 6) is -1.63. The van der Waals surface area contributed by atoms with Crippen LogP contribution in [0.4, 0.5) is 30.7 Å². The van der Waals surface area contributed by atoms with Crippen molar-refractivity contribution in [1.29, 1.82) is 0 Å². The minimum atomic E-state index is -4.95. The lowest BCUT2D eigenvalue weighted by atomic mass is 9.97. The summed E-state index contributed by atoms with van der Waals surface area (Å²) in [5, 5.41) is 2.94. The van der Waals surface area contributed by atoms with Crippen LogP contribution in [0, 0.1) is 5.82 Å². The Balaban J connectivity index is 2.42. The monoisotopic (exact) mass is 344 g/mol. The quantitative estimate of drug-likeness (QED) is 0.841. The summed E-state index contributed by atoms with van der Waals surface area (Å²) in [7, 11) is 0. The molecule has 0 bridgehead atoms. The van der Waals surface area contributed by atoms with Crippen molar-refractivity contribution in [2.75, 3.05) is 26.2 Å². The van der Waals surface area contributed by atoms with Crippen LogP contribution in [-0.2, 0) is 6.18 Å². The van der Waals surface area contributed by atoms with Gasteiger partial charge in [-0.1, -0.05) is 12.1 Å². The Kier molecular flexibility index (Phi) is 5.20. The third-order valence-corrected chi connectivity index (χ3v) is 3.71. The van der Waals surface area contributed by atoms with Gasteiger partial charge in [-0.15, -0.1) is 0 Å². The lowest BCUT2D eigenvalue weighted by Gasteiger charge is -2.36. The number of rotatable bonds is 3. The van der Waals surface area contributed by atoms with E-state index >= 15 is 0 Å². The molecule has 0 unspecified atom stereocenters. The number of nitrogens with one attached hydrogen (secondary N) is 1. The molecule has 130 valence electrons. The van der Waals surface area contributed by atoms with E-state index in [2.05, 4.69) is 5.32 Å². The van der Waals surface area contributed by atoms with E-state index in [4.69, 9.17) is 0 Å². The predicted molar refractivity (Wildman–Crippen MR) is 69.3 cm³/mol. The first-order valence-corrected chi connectivity index (χ1v) is 6.97. The molecule has 1 aliphatic rings. The lowest BCUT2D eigenvalue weighted by Crippen LogP contribution is -2.46. The van der Waals surface area contributed by atoms with Gasteiger partial charge in [0.2, 0.25) is 0 Å². The molecule has 0 radical (unpaired) electrons. The van der Waals surface area contributed by atoms with E-state index in [1.165, 1.54) is 4.90 Å². The van der Waals surface area contributed by atoms with E-state index in [1.807, 2.05) is 0 Å². The van der Waals surface area contributed by atoms with Gasteiger partial charge < -0.3 is 5.32 Å². The maximum absolute atomic E-state index is 14.2. The average molecular weight is 344 g/mol. The maximum atomic E-state index is 14.2. The van der Waals surface area contributed by atoms with Gasteiger partial charge in [-0.3, -0.25) is 4.90 Å². The van der Waals surface area contributed by atoms with Gasteiger partial charge in [-0.25, -0.2) is 4.39 Å². The Hall–Kier alpha value is -1.35. The zero-order chi connectivity index (χ0) is 17.3. The molecule has 0 spiro atoms. The van der Waals surface area contributed by atoms with Crippen molar-refractivity contribution >= 4 is 0 Å². The van der Waals surface area contributed by atoms with E-state index in [-0.39, 0.29) is 13.1 Å². The fraction of sp³-hybridized carbons (Fsp3) is 0.571. The molecule has 1 aromatic rings. The number of hydrogen-bond acceptors (Lipinski definition) is 2. The van der Waals surface area contributed by atoms with Crippen LogP contribution < -0.4 is 5.32 Å². The van der Waals surface area contributed by atoms with Crippen molar-refractivity contribution in [1.82, 2.24) is 10.2 Å². The van der Waals surface area contributed by atoms with Gasteiger partial charge in [0.05, 0.1) is 12.0 Å². The highest BCUT2D eigenvalue weighted by Gasteiger charge is 2.40. The highest BCUT2D eigenvalue weighted by atomic mass is 19.4. The van der Waals surface area contributed by atoms with Gasteiger partial charge in [0.15, 0.2) is 0 Å². The summed E-state index contributed by atoms with van der Waals surface area (Å²) in [6.45, 7) is 1.21. The molecule has 1 fully saturated rings. The number of alkyl halides is 6. The second-order valence-corrected chi connectivity index (χ2v) is 5.33. The molecule has 0 amide bonds. The smallest absolute Gasteiger partial charge is 0.314 e. The Bertz CT molecular complexity index is 533. The van der Waals surface area contributed by atoms with E-state index in [0.717, 1.165) is 12.1 Å². The Morgan fingerprint density at radius 2 is 1.65 bits per heavy atom. The van der Waals surface area contributed by atoms with E-state index in [1.54, 1.807) is 0 Å². The van der Waals surface area contributed by atoms with Crippen molar-refractivity contribution in [3.05, 3.63) is 35.1 Å². The van der Waals surface area contributed by atoms with Gasteiger partial charge in [-0.2, -0.15) is 26.3 Å².